The third kappa shape index (κ3) is 2.81. The predicted octanol–water partition coefficient (Wildman–Crippen LogP) is 0.951. The van der Waals surface area contributed by atoms with Crippen LogP contribution in [0, 0.1) is 5.92 Å². The van der Waals surface area contributed by atoms with E-state index in [0.29, 0.717) is 12.0 Å². The second-order valence-electron chi connectivity index (χ2n) is 5.64. The Bertz CT molecular complexity index is 249. The average Bonchev–Trinajstić information content (AvgIpc) is 2.36. The Hall–Kier alpha value is -0.160. The molecule has 3 fully saturated rings. The van der Waals surface area contributed by atoms with Crippen LogP contribution in [0.5, 0.6) is 0 Å². The van der Waals surface area contributed by atoms with Gasteiger partial charge >= 0.3 is 0 Å². The Kier molecular flexibility index (Phi) is 3.66. The fraction of sp³-hybridized carbons (Fsp3) is 1.00. The van der Waals surface area contributed by atoms with E-state index < -0.39 is 0 Å². The molecule has 0 bridgehead atoms. The van der Waals surface area contributed by atoms with Crippen molar-refractivity contribution in [3.05, 3.63) is 0 Å². The van der Waals surface area contributed by atoms with Crippen molar-refractivity contribution in [3.8, 4) is 0 Å². The van der Waals surface area contributed by atoms with Crippen LogP contribution in [0.25, 0.3) is 0 Å². The van der Waals surface area contributed by atoms with E-state index in [0.717, 1.165) is 65.2 Å². The van der Waals surface area contributed by atoms with Gasteiger partial charge in [0.1, 0.15) is 0 Å². The minimum absolute atomic E-state index is 0.110. The van der Waals surface area contributed by atoms with Crippen molar-refractivity contribution in [3.63, 3.8) is 0 Å². The maximum atomic E-state index is 6.09. The number of rotatable bonds is 3. The third-order valence-corrected chi connectivity index (χ3v) is 4.25. The molecule has 0 amide bonds. The van der Waals surface area contributed by atoms with Crippen LogP contribution in [-0.2, 0) is 14.2 Å². The van der Waals surface area contributed by atoms with E-state index in [-0.39, 0.29) is 5.60 Å². The first-order chi connectivity index (χ1) is 8.36. The van der Waals surface area contributed by atoms with Crippen LogP contribution in [0.3, 0.4) is 0 Å². The van der Waals surface area contributed by atoms with Crippen molar-refractivity contribution < 1.29 is 14.2 Å². The number of hydrogen-bond acceptors (Lipinski definition) is 4. The first-order valence-electron chi connectivity index (χ1n) is 6.90. The van der Waals surface area contributed by atoms with Crippen LogP contribution in [0.1, 0.15) is 25.7 Å². The highest BCUT2D eigenvalue weighted by Gasteiger charge is 2.43. The van der Waals surface area contributed by atoms with Gasteiger partial charge in [0.25, 0.3) is 0 Å². The number of nitrogens with one attached hydrogen (secondary N) is 1. The molecule has 3 aliphatic rings. The van der Waals surface area contributed by atoms with Gasteiger partial charge in [0.05, 0.1) is 11.7 Å². The predicted molar refractivity (Wildman–Crippen MR) is 64.1 cm³/mol. The van der Waals surface area contributed by atoms with Crippen molar-refractivity contribution in [2.45, 2.75) is 37.4 Å². The highest BCUT2D eigenvalue weighted by atomic mass is 16.5. The van der Waals surface area contributed by atoms with Gasteiger partial charge in [0.15, 0.2) is 0 Å². The molecular weight excluding hydrogens is 218 g/mol. The molecule has 0 saturated carbocycles. The smallest absolute Gasteiger partial charge is 0.0954 e. The minimum Gasteiger partial charge on any atom is -0.381 e. The van der Waals surface area contributed by atoms with Gasteiger partial charge in [-0.25, -0.2) is 0 Å². The summed E-state index contributed by atoms with van der Waals surface area (Å²) < 4.78 is 17.3. The van der Waals surface area contributed by atoms with Crippen LogP contribution >= 0.6 is 0 Å². The van der Waals surface area contributed by atoms with Gasteiger partial charge in [-0.2, -0.15) is 0 Å². The standard InChI is InChI=1S/C13H23NO3/c1-4-15-5-2-11(1)8-16-12-3-6-17-13(7-12)9-14-10-13/h11-12,14H,1-10H2/t12-/m1/s1. The molecule has 3 rings (SSSR count). The molecule has 0 unspecified atom stereocenters. The molecule has 0 radical (unpaired) electrons. The van der Waals surface area contributed by atoms with E-state index in [2.05, 4.69) is 5.32 Å². The average molecular weight is 241 g/mol. The summed E-state index contributed by atoms with van der Waals surface area (Å²) in [5.41, 5.74) is 0.110. The highest BCUT2D eigenvalue weighted by Crippen LogP contribution is 2.30. The van der Waals surface area contributed by atoms with Gasteiger partial charge in [-0.05, 0) is 25.2 Å². The largest absolute Gasteiger partial charge is 0.381 e. The second-order valence-corrected chi connectivity index (χ2v) is 5.64. The molecule has 4 heteroatoms. The molecule has 1 N–H and O–H groups in total. The monoisotopic (exact) mass is 241 g/mol. The molecule has 0 aromatic heterocycles. The van der Waals surface area contributed by atoms with Gasteiger partial charge in [-0.1, -0.05) is 0 Å². The van der Waals surface area contributed by atoms with E-state index in [1.165, 1.54) is 0 Å². The summed E-state index contributed by atoms with van der Waals surface area (Å²) in [6.45, 7) is 5.61. The van der Waals surface area contributed by atoms with Crippen molar-refractivity contribution in [2.75, 3.05) is 39.5 Å². The van der Waals surface area contributed by atoms with Gasteiger partial charge < -0.3 is 19.5 Å². The summed E-state index contributed by atoms with van der Waals surface area (Å²) in [4.78, 5) is 0. The zero-order valence-corrected chi connectivity index (χ0v) is 10.5. The summed E-state index contributed by atoms with van der Waals surface area (Å²) in [7, 11) is 0. The van der Waals surface area contributed by atoms with Crippen molar-refractivity contribution in [1.29, 1.82) is 0 Å². The lowest BCUT2D eigenvalue weighted by Crippen LogP contribution is -2.64. The molecule has 3 aliphatic heterocycles. The van der Waals surface area contributed by atoms with E-state index in [9.17, 15) is 0 Å². The minimum atomic E-state index is 0.110. The van der Waals surface area contributed by atoms with E-state index in [4.69, 9.17) is 14.2 Å². The maximum Gasteiger partial charge on any atom is 0.0954 e. The summed E-state index contributed by atoms with van der Waals surface area (Å²) in [5, 5.41) is 3.30. The molecule has 0 aromatic rings. The third-order valence-electron chi connectivity index (χ3n) is 4.25. The van der Waals surface area contributed by atoms with Gasteiger partial charge in [-0.3, -0.25) is 0 Å². The van der Waals surface area contributed by atoms with Crippen LogP contribution in [0.4, 0.5) is 0 Å². The Morgan fingerprint density at radius 1 is 1.12 bits per heavy atom. The van der Waals surface area contributed by atoms with Gasteiger partial charge in [0, 0.05) is 45.9 Å². The van der Waals surface area contributed by atoms with E-state index in [1.54, 1.807) is 0 Å². The lowest BCUT2D eigenvalue weighted by Gasteiger charge is -2.47. The molecule has 98 valence electrons. The van der Waals surface area contributed by atoms with Crippen molar-refractivity contribution >= 4 is 0 Å². The van der Waals surface area contributed by atoms with Crippen LogP contribution in [0.2, 0.25) is 0 Å². The van der Waals surface area contributed by atoms with Crippen LogP contribution in [0.15, 0.2) is 0 Å². The molecule has 3 saturated heterocycles. The molecule has 0 aliphatic carbocycles. The Balaban J connectivity index is 1.41. The second kappa shape index (κ2) is 5.22. The Morgan fingerprint density at radius 3 is 2.65 bits per heavy atom. The number of ether oxygens (including phenoxy) is 3. The van der Waals surface area contributed by atoms with Crippen LogP contribution < -0.4 is 5.32 Å². The number of hydrogen-bond donors (Lipinski definition) is 1. The maximum absolute atomic E-state index is 6.09. The molecule has 4 nitrogen and oxygen atoms in total. The lowest BCUT2D eigenvalue weighted by molar-refractivity contribution is -0.159. The van der Waals surface area contributed by atoms with Gasteiger partial charge in [-0.15, -0.1) is 0 Å². The summed E-state index contributed by atoms with van der Waals surface area (Å²) >= 11 is 0. The van der Waals surface area contributed by atoms with Crippen molar-refractivity contribution in [1.82, 2.24) is 5.32 Å². The SMILES string of the molecule is C1CC(CO[C@@H]2CCOC3(CNC3)C2)CCO1. The van der Waals surface area contributed by atoms with Gasteiger partial charge in [0.2, 0.25) is 0 Å². The quantitative estimate of drug-likeness (QED) is 0.798. The zero-order valence-electron chi connectivity index (χ0n) is 10.5. The molecule has 1 atom stereocenters. The van der Waals surface area contributed by atoms with E-state index in [1.807, 2.05) is 0 Å². The molecule has 3 heterocycles. The molecule has 17 heavy (non-hydrogen) atoms. The Labute approximate surface area is 103 Å². The lowest BCUT2D eigenvalue weighted by atomic mass is 9.86. The van der Waals surface area contributed by atoms with E-state index >= 15 is 0 Å². The summed E-state index contributed by atoms with van der Waals surface area (Å²) in [5.74, 6) is 0.710. The molecule has 0 aromatic carbocycles. The normalized spacial score (nSPS) is 33.5. The summed E-state index contributed by atoms with van der Waals surface area (Å²) in [6.07, 6.45) is 4.87. The summed E-state index contributed by atoms with van der Waals surface area (Å²) in [6, 6.07) is 0. The topological polar surface area (TPSA) is 39.7 Å². The zero-order chi connectivity index (χ0) is 11.6. The highest BCUT2D eigenvalue weighted by molar-refractivity contribution is 4.98. The Morgan fingerprint density at radius 2 is 1.94 bits per heavy atom. The fourth-order valence-electron chi connectivity index (χ4n) is 2.96. The first kappa shape index (κ1) is 11.9. The molecule has 1 spiro atoms. The fourth-order valence-corrected chi connectivity index (χ4v) is 2.96. The first-order valence-corrected chi connectivity index (χ1v) is 6.90. The molecular formula is C13H23NO3. The van der Waals surface area contributed by atoms with Crippen molar-refractivity contribution in [2.24, 2.45) is 5.92 Å². The van der Waals surface area contributed by atoms with Crippen LogP contribution in [-0.4, -0.2) is 51.2 Å².